The van der Waals surface area contributed by atoms with Gasteiger partial charge >= 0.3 is 5.97 Å². The molecule has 0 radical (unpaired) electrons. The number of carbonyl (C=O) groups excluding carboxylic acids is 1. The van der Waals surface area contributed by atoms with E-state index in [0.29, 0.717) is 22.4 Å². The minimum absolute atomic E-state index is 0.0739. The van der Waals surface area contributed by atoms with Crippen molar-refractivity contribution in [3.8, 4) is 11.1 Å². The van der Waals surface area contributed by atoms with Gasteiger partial charge in [0, 0.05) is 11.8 Å². The molecular weight excluding hydrogens is 385 g/mol. The molecule has 1 heterocycles. The second kappa shape index (κ2) is 7.71. The third kappa shape index (κ3) is 4.22. The van der Waals surface area contributed by atoms with Crippen LogP contribution in [0.5, 0.6) is 0 Å². The van der Waals surface area contributed by atoms with Crippen molar-refractivity contribution in [3.05, 3.63) is 53.8 Å². The number of carbonyl (C=O) groups is 1. The van der Waals surface area contributed by atoms with E-state index in [1.54, 1.807) is 32.0 Å². The van der Waals surface area contributed by atoms with Crippen molar-refractivity contribution in [2.45, 2.75) is 24.8 Å². The van der Waals surface area contributed by atoms with Crippen LogP contribution in [0.4, 0.5) is 4.39 Å². The van der Waals surface area contributed by atoms with Crippen LogP contribution in [0, 0.1) is 11.7 Å². The average molecular weight is 405 g/mol. The molecule has 0 bridgehead atoms. The lowest BCUT2D eigenvalue weighted by Crippen LogP contribution is -2.30. The second-order valence-electron chi connectivity index (χ2n) is 6.84. The molecule has 1 aliphatic rings. The summed E-state index contributed by atoms with van der Waals surface area (Å²) in [7, 11) is -3.46. The Morgan fingerprint density at radius 1 is 1.18 bits per heavy atom. The number of hydrogen-bond acceptors (Lipinski definition) is 6. The Balaban J connectivity index is 2.09. The van der Waals surface area contributed by atoms with Gasteiger partial charge < -0.3 is 9.57 Å². The first-order chi connectivity index (χ1) is 13.2. The van der Waals surface area contributed by atoms with Crippen LogP contribution in [-0.2, 0) is 24.2 Å². The van der Waals surface area contributed by atoms with Crippen LogP contribution >= 0.6 is 0 Å². The first-order valence-corrected chi connectivity index (χ1v) is 10.6. The fraction of sp³-hybridized carbons (Fsp3) is 0.300. The maximum atomic E-state index is 13.4. The van der Waals surface area contributed by atoms with Crippen molar-refractivity contribution in [1.29, 1.82) is 0 Å². The molecule has 6 nitrogen and oxygen atoms in total. The minimum atomic E-state index is -3.46. The molecule has 0 amide bonds. The van der Waals surface area contributed by atoms with E-state index in [0.717, 1.165) is 6.26 Å². The van der Waals surface area contributed by atoms with Gasteiger partial charge in [0.25, 0.3) is 0 Å². The number of oxime groups is 1. The molecule has 1 atom stereocenters. The van der Waals surface area contributed by atoms with Gasteiger partial charge in [-0.15, -0.1) is 0 Å². The van der Waals surface area contributed by atoms with Gasteiger partial charge in [0.1, 0.15) is 11.5 Å². The lowest BCUT2D eigenvalue weighted by molar-refractivity contribution is -0.150. The molecular formula is C20H20FNO5S. The second-order valence-corrected chi connectivity index (χ2v) is 8.85. The lowest BCUT2D eigenvalue weighted by Gasteiger charge is -2.17. The molecule has 2 aromatic carbocycles. The smallest absolute Gasteiger partial charge is 0.309 e. The third-order valence-electron chi connectivity index (χ3n) is 4.27. The van der Waals surface area contributed by atoms with E-state index in [1.165, 1.54) is 24.3 Å². The molecule has 148 valence electrons. The van der Waals surface area contributed by atoms with Gasteiger partial charge in [0.2, 0.25) is 0 Å². The van der Waals surface area contributed by atoms with Crippen molar-refractivity contribution in [2.75, 3.05) is 12.9 Å². The molecule has 8 heteroatoms. The zero-order valence-electron chi connectivity index (χ0n) is 15.7. The molecule has 0 N–H and O–H groups in total. The van der Waals surface area contributed by atoms with E-state index in [2.05, 4.69) is 5.16 Å². The molecule has 3 rings (SSSR count). The monoisotopic (exact) mass is 405 g/mol. The fourth-order valence-corrected chi connectivity index (χ4v) is 3.39. The summed E-state index contributed by atoms with van der Waals surface area (Å²) in [5.74, 6) is -1.11. The first-order valence-electron chi connectivity index (χ1n) is 8.67. The molecule has 1 aliphatic heterocycles. The zero-order chi connectivity index (χ0) is 20.5. The van der Waals surface area contributed by atoms with Crippen molar-refractivity contribution in [2.24, 2.45) is 11.1 Å². The third-order valence-corrected chi connectivity index (χ3v) is 5.38. The Hall–Kier alpha value is -2.74. The Morgan fingerprint density at radius 2 is 1.86 bits per heavy atom. The number of sulfone groups is 1. The Bertz CT molecular complexity index is 1030. The summed E-state index contributed by atoms with van der Waals surface area (Å²) in [6.45, 7) is 3.52. The highest BCUT2D eigenvalue weighted by Gasteiger charge is 2.31. The van der Waals surface area contributed by atoms with E-state index < -0.39 is 21.8 Å². The summed E-state index contributed by atoms with van der Waals surface area (Å²) in [4.78, 5) is 17.3. The fourth-order valence-electron chi connectivity index (χ4n) is 2.75. The summed E-state index contributed by atoms with van der Waals surface area (Å²) in [6, 6.07) is 10.2. The van der Waals surface area contributed by atoms with Crippen LogP contribution < -0.4 is 0 Å². The predicted molar refractivity (Wildman–Crippen MR) is 102 cm³/mol. The highest BCUT2D eigenvalue weighted by atomic mass is 32.2. The number of hydrogen-bond donors (Lipinski definition) is 0. The molecule has 28 heavy (non-hydrogen) atoms. The normalized spacial score (nSPS) is 16.6. The molecule has 0 saturated carbocycles. The number of halogens is 1. The maximum absolute atomic E-state index is 13.4. The van der Waals surface area contributed by atoms with Crippen molar-refractivity contribution in [3.63, 3.8) is 0 Å². The molecule has 0 aromatic heterocycles. The molecule has 0 aliphatic carbocycles. The SMILES string of the molecule is CC(C)C(=O)OC1CON=C1c1ccc(S(C)(=O)=O)cc1-c1ccc(F)cc1. The number of nitrogens with zero attached hydrogens (tertiary/aromatic N) is 1. The molecule has 1 unspecified atom stereocenters. The maximum Gasteiger partial charge on any atom is 0.309 e. The summed E-state index contributed by atoms with van der Waals surface area (Å²) >= 11 is 0. The number of benzene rings is 2. The van der Waals surface area contributed by atoms with E-state index in [9.17, 15) is 17.6 Å². The summed E-state index contributed by atoms with van der Waals surface area (Å²) in [6.07, 6.45) is 0.401. The van der Waals surface area contributed by atoms with E-state index in [-0.39, 0.29) is 23.4 Å². The van der Waals surface area contributed by atoms with Crippen LogP contribution in [0.25, 0.3) is 11.1 Å². The zero-order valence-corrected chi connectivity index (χ0v) is 16.5. The van der Waals surface area contributed by atoms with Crippen molar-refractivity contribution >= 4 is 21.5 Å². The van der Waals surface area contributed by atoms with Crippen LogP contribution in [0.1, 0.15) is 19.4 Å². The van der Waals surface area contributed by atoms with E-state index in [4.69, 9.17) is 9.57 Å². The van der Waals surface area contributed by atoms with Gasteiger partial charge in [0.05, 0.1) is 10.8 Å². The van der Waals surface area contributed by atoms with Gasteiger partial charge in [-0.2, -0.15) is 0 Å². The van der Waals surface area contributed by atoms with Gasteiger partial charge in [-0.25, -0.2) is 12.8 Å². The van der Waals surface area contributed by atoms with Crippen molar-refractivity contribution in [1.82, 2.24) is 0 Å². The molecule has 0 saturated heterocycles. The Labute approximate surface area is 162 Å². The van der Waals surface area contributed by atoms with Crippen molar-refractivity contribution < 1.29 is 27.2 Å². The van der Waals surface area contributed by atoms with Crippen LogP contribution in [0.2, 0.25) is 0 Å². The quantitative estimate of drug-likeness (QED) is 0.714. The van der Waals surface area contributed by atoms with E-state index >= 15 is 0 Å². The van der Waals surface area contributed by atoms with Gasteiger partial charge in [-0.3, -0.25) is 4.79 Å². The molecule has 0 spiro atoms. The first kappa shape index (κ1) is 20.0. The highest BCUT2D eigenvalue weighted by molar-refractivity contribution is 7.90. The molecule has 2 aromatic rings. The van der Waals surface area contributed by atoms with Gasteiger partial charge in [-0.1, -0.05) is 37.2 Å². The van der Waals surface area contributed by atoms with Crippen LogP contribution in [0.3, 0.4) is 0 Å². The average Bonchev–Trinajstić information content (AvgIpc) is 3.09. The van der Waals surface area contributed by atoms with E-state index in [1.807, 2.05) is 0 Å². The predicted octanol–water partition coefficient (Wildman–Crippen LogP) is 3.20. The number of esters is 1. The van der Waals surface area contributed by atoms with Crippen LogP contribution in [0.15, 0.2) is 52.5 Å². The largest absolute Gasteiger partial charge is 0.452 e. The molecule has 0 fully saturated rings. The lowest BCUT2D eigenvalue weighted by atomic mass is 9.94. The number of ether oxygens (including phenoxy) is 1. The summed E-state index contributed by atoms with van der Waals surface area (Å²) in [5.41, 5.74) is 2.06. The Morgan fingerprint density at radius 3 is 2.46 bits per heavy atom. The summed E-state index contributed by atoms with van der Waals surface area (Å²) in [5, 5.41) is 4.01. The van der Waals surface area contributed by atoms with Crippen LogP contribution in [-0.4, -0.2) is 39.1 Å². The van der Waals surface area contributed by atoms with Gasteiger partial charge in [0.15, 0.2) is 22.5 Å². The topological polar surface area (TPSA) is 82.0 Å². The Kier molecular flexibility index (Phi) is 5.51. The highest BCUT2D eigenvalue weighted by Crippen LogP contribution is 2.30. The standard InChI is InChI=1S/C20H20FNO5S/c1-12(2)20(23)27-18-11-26-22-19(18)16-9-8-15(28(3,24)25)10-17(16)13-4-6-14(21)7-5-13/h4-10,12,18H,11H2,1-3H3. The summed E-state index contributed by atoms with van der Waals surface area (Å²) < 4.78 is 42.8. The minimum Gasteiger partial charge on any atom is -0.452 e. The number of rotatable bonds is 5. The van der Waals surface area contributed by atoms with Gasteiger partial charge in [-0.05, 0) is 35.4 Å².